The van der Waals surface area contributed by atoms with Crippen LogP contribution in [-0.2, 0) is 16.1 Å². The molecular weight excluding hydrogens is 246 g/mol. The van der Waals surface area contributed by atoms with Gasteiger partial charge in [0.2, 0.25) is 0 Å². The van der Waals surface area contributed by atoms with Gasteiger partial charge in [-0.25, -0.2) is 0 Å². The first kappa shape index (κ1) is 13.7. The molecule has 0 spiro atoms. The largest absolute Gasteiger partial charge is 0.497 e. The lowest BCUT2D eigenvalue weighted by Gasteiger charge is -2.22. The fourth-order valence-corrected chi connectivity index (χ4v) is 2.02. The number of nitrogens with zero attached hydrogens (tertiary/aromatic N) is 1. The molecule has 1 unspecified atom stereocenters. The SMILES string of the molecule is COc1ccc2c(c1)OCCN(C(=O)C(C)OC)C2. The van der Waals surface area contributed by atoms with E-state index in [9.17, 15) is 4.79 Å². The number of fused-ring (bicyclic) bond motifs is 1. The summed E-state index contributed by atoms with van der Waals surface area (Å²) < 4.78 is 15.9. The predicted molar refractivity (Wildman–Crippen MR) is 70.4 cm³/mol. The summed E-state index contributed by atoms with van der Waals surface area (Å²) in [6.45, 7) is 3.32. The van der Waals surface area contributed by atoms with E-state index < -0.39 is 6.10 Å². The average molecular weight is 265 g/mol. The van der Waals surface area contributed by atoms with E-state index in [0.717, 1.165) is 17.1 Å². The summed E-state index contributed by atoms with van der Waals surface area (Å²) in [6, 6.07) is 5.65. The maximum absolute atomic E-state index is 12.1. The van der Waals surface area contributed by atoms with Crippen LogP contribution in [0.3, 0.4) is 0 Å². The summed E-state index contributed by atoms with van der Waals surface area (Å²) in [5, 5.41) is 0. The molecule has 104 valence electrons. The molecule has 0 N–H and O–H groups in total. The zero-order valence-electron chi connectivity index (χ0n) is 11.5. The fourth-order valence-electron chi connectivity index (χ4n) is 2.02. The molecule has 0 bridgehead atoms. The van der Waals surface area contributed by atoms with E-state index in [4.69, 9.17) is 14.2 Å². The van der Waals surface area contributed by atoms with Crippen molar-refractivity contribution in [2.45, 2.75) is 19.6 Å². The van der Waals surface area contributed by atoms with Gasteiger partial charge in [-0.05, 0) is 19.1 Å². The van der Waals surface area contributed by atoms with Gasteiger partial charge in [0.15, 0.2) is 0 Å². The quantitative estimate of drug-likeness (QED) is 0.830. The molecule has 1 aromatic carbocycles. The second-order valence-corrected chi connectivity index (χ2v) is 4.46. The van der Waals surface area contributed by atoms with E-state index in [1.165, 1.54) is 7.11 Å². The molecule has 1 amide bonds. The minimum atomic E-state index is -0.431. The minimum Gasteiger partial charge on any atom is -0.497 e. The number of amides is 1. The number of carbonyl (C=O) groups is 1. The van der Waals surface area contributed by atoms with Crippen molar-refractivity contribution in [3.05, 3.63) is 23.8 Å². The van der Waals surface area contributed by atoms with Gasteiger partial charge in [-0.3, -0.25) is 4.79 Å². The van der Waals surface area contributed by atoms with Gasteiger partial charge in [0.25, 0.3) is 5.91 Å². The van der Waals surface area contributed by atoms with Crippen molar-refractivity contribution in [3.8, 4) is 11.5 Å². The number of hydrogen-bond acceptors (Lipinski definition) is 4. The minimum absolute atomic E-state index is 0.0187. The molecule has 0 radical (unpaired) electrons. The summed E-state index contributed by atoms with van der Waals surface area (Å²) in [4.78, 5) is 13.9. The molecule has 5 heteroatoms. The standard InChI is InChI=1S/C14H19NO4/c1-10(17-2)14(16)15-6-7-19-13-8-12(18-3)5-4-11(13)9-15/h4-5,8,10H,6-7,9H2,1-3H3. The van der Waals surface area contributed by atoms with Crippen molar-refractivity contribution in [2.24, 2.45) is 0 Å². The van der Waals surface area contributed by atoms with Crippen molar-refractivity contribution >= 4 is 5.91 Å². The topological polar surface area (TPSA) is 48.0 Å². The Bertz CT molecular complexity index is 461. The number of benzene rings is 1. The summed E-state index contributed by atoms with van der Waals surface area (Å²) in [7, 11) is 3.16. The van der Waals surface area contributed by atoms with Crippen molar-refractivity contribution < 1.29 is 19.0 Å². The Morgan fingerprint density at radius 3 is 2.89 bits per heavy atom. The zero-order valence-corrected chi connectivity index (χ0v) is 11.5. The Morgan fingerprint density at radius 1 is 1.42 bits per heavy atom. The van der Waals surface area contributed by atoms with Crippen LogP contribution in [0, 0.1) is 0 Å². The van der Waals surface area contributed by atoms with E-state index in [1.54, 1.807) is 18.9 Å². The molecule has 1 aliphatic heterocycles. The third-order valence-electron chi connectivity index (χ3n) is 3.27. The van der Waals surface area contributed by atoms with Crippen LogP contribution < -0.4 is 9.47 Å². The van der Waals surface area contributed by atoms with Crippen LogP contribution in [0.5, 0.6) is 11.5 Å². The second kappa shape index (κ2) is 5.93. The summed E-state index contributed by atoms with van der Waals surface area (Å²) in [5.74, 6) is 1.51. The highest BCUT2D eigenvalue weighted by Gasteiger charge is 2.24. The molecule has 1 heterocycles. The first-order valence-electron chi connectivity index (χ1n) is 6.27. The lowest BCUT2D eigenvalue weighted by Crippen LogP contribution is -2.39. The molecule has 0 aliphatic carbocycles. The van der Waals surface area contributed by atoms with Crippen molar-refractivity contribution in [1.82, 2.24) is 4.90 Å². The molecular formula is C14H19NO4. The number of hydrogen-bond donors (Lipinski definition) is 0. The molecule has 0 saturated heterocycles. The highest BCUT2D eigenvalue weighted by Crippen LogP contribution is 2.28. The highest BCUT2D eigenvalue weighted by molar-refractivity contribution is 5.80. The van der Waals surface area contributed by atoms with Crippen molar-refractivity contribution in [3.63, 3.8) is 0 Å². The average Bonchev–Trinajstić information content (AvgIpc) is 2.66. The lowest BCUT2D eigenvalue weighted by atomic mass is 10.1. The van der Waals surface area contributed by atoms with Crippen molar-refractivity contribution in [1.29, 1.82) is 0 Å². The first-order chi connectivity index (χ1) is 9.15. The Morgan fingerprint density at radius 2 is 2.21 bits per heavy atom. The van der Waals surface area contributed by atoms with Gasteiger partial charge in [-0.15, -0.1) is 0 Å². The Kier molecular flexibility index (Phi) is 4.27. The molecule has 0 saturated carbocycles. The van der Waals surface area contributed by atoms with Gasteiger partial charge in [0.05, 0.1) is 13.7 Å². The van der Waals surface area contributed by atoms with Gasteiger partial charge >= 0.3 is 0 Å². The summed E-state index contributed by atoms with van der Waals surface area (Å²) in [5.41, 5.74) is 0.981. The molecule has 1 aromatic rings. The van der Waals surface area contributed by atoms with Gasteiger partial charge in [-0.2, -0.15) is 0 Å². The number of ether oxygens (including phenoxy) is 3. The zero-order chi connectivity index (χ0) is 13.8. The normalized spacial score (nSPS) is 16.1. The van der Waals surface area contributed by atoms with Crippen LogP contribution in [0.4, 0.5) is 0 Å². The Hall–Kier alpha value is -1.75. The summed E-state index contributed by atoms with van der Waals surface area (Å²) in [6.07, 6.45) is -0.431. The number of carbonyl (C=O) groups excluding carboxylic acids is 1. The van der Waals surface area contributed by atoms with Gasteiger partial charge < -0.3 is 19.1 Å². The van der Waals surface area contributed by atoms with E-state index in [1.807, 2.05) is 18.2 Å². The van der Waals surface area contributed by atoms with Crippen LogP contribution in [-0.4, -0.2) is 44.3 Å². The van der Waals surface area contributed by atoms with Crippen LogP contribution in [0.2, 0.25) is 0 Å². The predicted octanol–water partition coefficient (Wildman–Crippen LogP) is 1.45. The maximum Gasteiger partial charge on any atom is 0.251 e. The third-order valence-corrected chi connectivity index (χ3v) is 3.27. The van der Waals surface area contributed by atoms with Gasteiger partial charge in [0, 0.05) is 25.3 Å². The molecule has 19 heavy (non-hydrogen) atoms. The lowest BCUT2D eigenvalue weighted by molar-refractivity contribution is -0.141. The van der Waals surface area contributed by atoms with Crippen LogP contribution >= 0.6 is 0 Å². The van der Waals surface area contributed by atoms with E-state index in [0.29, 0.717) is 19.7 Å². The van der Waals surface area contributed by atoms with E-state index in [2.05, 4.69) is 0 Å². The molecule has 1 aliphatic rings. The first-order valence-corrected chi connectivity index (χ1v) is 6.27. The monoisotopic (exact) mass is 265 g/mol. The van der Waals surface area contributed by atoms with Crippen molar-refractivity contribution in [2.75, 3.05) is 27.4 Å². The summed E-state index contributed by atoms with van der Waals surface area (Å²) >= 11 is 0. The number of rotatable bonds is 3. The van der Waals surface area contributed by atoms with Crippen LogP contribution in [0.25, 0.3) is 0 Å². The van der Waals surface area contributed by atoms with Crippen LogP contribution in [0.1, 0.15) is 12.5 Å². The Labute approximate surface area is 113 Å². The van der Waals surface area contributed by atoms with E-state index >= 15 is 0 Å². The molecule has 0 aromatic heterocycles. The Balaban J connectivity index is 2.18. The maximum atomic E-state index is 12.1. The fraction of sp³-hybridized carbons (Fsp3) is 0.500. The van der Waals surface area contributed by atoms with Gasteiger partial charge in [-0.1, -0.05) is 0 Å². The smallest absolute Gasteiger partial charge is 0.251 e. The highest BCUT2D eigenvalue weighted by atomic mass is 16.5. The molecule has 0 fully saturated rings. The second-order valence-electron chi connectivity index (χ2n) is 4.46. The third kappa shape index (κ3) is 2.98. The van der Waals surface area contributed by atoms with Gasteiger partial charge in [0.1, 0.15) is 24.2 Å². The molecule has 5 nitrogen and oxygen atoms in total. The number of methoxy groups -OCH3 is 2. The molecule has 2 rings (SSSR count). The molecule has 1 atom stereocenters. The van der Waals surface area contributed by atoms with Crippen LogP contribution in [0.15, 0.2) is 18.2 Å². The van der Waals surface area contributed by atoms with E-state index in [-0.39, 0.29) is 5.91 Å².